The molecule has 33 heavy (non-hydrogen) atoms. The van der Waals surface area contributed by atoms with Crippen LogP contribution in [0.15, 0.2) is 58.0 Å². The van der Waals surface area contributed by atoms with Gasteiger partial charge in [-0.05, 0) is 18.2 Å². The van der Waals surface area contributed by atoms with Crippen molar-refractivity contribution in [3.63, 3.8) is 0 Å². The first-order valence-electron chi connectivity index (χ1n) is 10.7. The molecule has 0 bridgehead atoms. The van der Waals surface area contributed by atoms with Gasteiger partial charge in [-0.2, -0.15) is 0 Å². The zero-order valence-corrected chi connectivity index (χ0v) is 18.3. The monoisotopic (exact) mass is 452 g/mol. The number of benzene rings is 1. The quantitative estimate of drug-likeness (QED) is 0.395. The average molecular weight is 452 g/mol. The van der Waals surface area contributed by atoms with Gasteiger partial charge in [-0.1, -0.05) is 6.07 Å². The van der Waals surface area contributed by atoms with Crippen LogP contribution in [0.25, 0.3) is 11.0 Å². The molecule has 4 rings (SSSR count). The van der Waals surface area contributed by atoms with E-state index in [-0.39, 0.29) is 6.04 Å². The molecule has 1 aliphatic heterocycles. The van der Waals surface area contributed by atoms with Crippen LogP contribution in [0.3, 0.4) is 0 Å². The first-order valence-corrected chi connectivity index (χ1v) is 10.7. The lowest BCUT2D eigenvalue weighted by Gasteiger charge is -2.36. The number of carboxylic acids is 2. The third-order valence-electron chi connectivity index (χ3n) is 6.33. The van der Waals surface area contributed by atoms with Crippen molar-refractivity contribution in [1.82, 2.24) is 4.98 Å². The molecule has 1 aliphatic rings. The molecule has 0 aliphatic carbocycles. The van der Waals surface area contributed by atoms with Gasteiger partial charge in [0.15, 0.2) is 0 Å². The zero-order chi connectivity index (χ0) is 23.6. The van der Waals surface area contributed by atoms with Gasteiger partial charge in [0, 0.05) is 59.6 Å². The minimum absolute atomic E-state index is 0.266. The number of carboxylic acid groups (broad SMARTS) is 2. The SMILES string of the molecule is C[N@@+]1(Cc2cc(=O)oc3cc(N(CC(=O)O)CC(=O)O)ccc23)CCC[C@H]1c1cccnc1. The van der Waals surface area contributed by atoms with Crippen molar-refractivity contribution < 1.29 is 28.7 Å². The second kappa shape index (κ2) is 9.03. The van der Waals surface area contributed by atoms with Gasteiger partial charge in [-0.15, -0.1) is 0 Å². The van der Waals surface area contributed by atoms with Crippen LogP contribution in [0.1, 0.15) is 30.0 Å². The van der Waals surface area contributed by atoms with Crippen LogP contribution in [0.5, 0.6) is 0 Å². The number of nitrogens with zero attached hydrogens (tertiary/aromatic N) is 3. The first-order chi connectivity index (χ1) is 15.7. The largest absolute Gasteiger partial charge is 0.480 e. The summed E-state index contributed by atoms with van der Waals surface area (Å²) in [5, 5.41) is 19.1. The van der Waals surface area contributed by atoms with Crippen molar-refractivity contribution in [2.75, 3.05) is 31.6 Å². The molecule has 172 valence electrons. The Labute approximate surface area is 190 Å². The van der Waals surface area contributed by atoms with Crippen LogP contribution in [-0.2, 0) is 16.1 Å². The summed E-state index contributed by atoms with van der Waals surface area (Å²) in [5.41, 5.74) is 2.18. The number of pyridine rings is 1. The zero-order valence-electron chi connectivity index (χ0n) is 18.3. The van der Waals surface area contributed by atoms with Crippen molar-refractivity contribution in [3.8, 4) is 0 Å². The molecule has 0 saturated carbocycles. The summed E-state index contributed by atoms with van der Waals surface area (Å²) in [6.45, 7) is 0.617. The van der Waals surface area contributed by atoms with Crippen LogP contribution < -0.4 is 10.5 Å². The molecule has 2 atom stereocenters. The minimum Gasteiger partial charge on any atom is -0.480 e. The van der Waals surface area contributed by atoms with Crippen LogP contribution in [0.4, 0.5) is 5.69 Å². The molecule has 1 saturated heterocycles. The fourth-order valence-electron chi connectivity index (χ4n) is 4.90. The van der Waals surface area contributed by atoms with E-state index in [0.29, 0.717) is 17.8 Å². The summed E-state index contributed by atoms with van der Waals surface area (Å²) < 4.78 is 6.15. The van der Waals surface area contributed by atoms with Crippen LogP contribution in [0.2, 0.25) is 0 Å². The molecular weight excluding hydrogens is 426 g/mol. The van der Waals surface area contributed by atoms with E-state index < -0.39 is 30.7 Å². The molecule has 1 aromatic carbocycles. The summed E-state index contributed by atoms with van der Waals surface area (Å²) in [6.07, 6.45) is 5.76. The number of fused-ring (bicyclic) bond motifs is 1. The maximum absolute atomic E-state index is 12.4. The predicted molar refractivity (Wildman–Crippen MR) is 121 cm³/mol. The Kier molecular flexibility index (Phi) is 6.15. The number of quaternary nitrogens is 1. The molecule has 3 aromatic rings. The summed E-state index contributed by atoms with van der Waals surface area (Å²) in [5.74, 6) is -2.31. The van der Waals surface area contributed by atoms with Gasteiger partial charge >= 0.3 is 17.6 Å². The lowest BCUT2D eigenvalue weighted by atomic mass is 10.0. The van der Waals surface area contributed by atoms with Crippen molar-refractivity contribution in [2.45, 2.75) is 25.4 Å². The normalized spacial score (nSPS) is 20.1. The number of aliphatic carboxylic acids is 2. The molecule has 0 amide bonds. The number of likely N-dealkylation sites (tertiary alicyclic amines) is 1. The lowest BCUT2D eigenvalue weighted by molar-refractivity contribution is -0.939. The van der Waals surface area contributed by atoms with E-state index >= 15 is 0 Å². The Bertz CT molecular complexity index is 1230. The van der Waals surface area contributed by atoms with Gasteiger partial charge in [0.2, 0.25) is 0 Å². The number of rotatable bonds is 8. The van der Waals surface area contributed by atoms with Crippen LogP contribution in [0, 0.1) is 0 Å². The van der Waals surface area contributed by atoms with E-state index in [9.17, 15) is 14.4 Å². The number of aromatic nitrogens is 1. The number of hydrogen-bond acceptors (Lipinski definition) is 6. The molecule has 0 radical (unpaired) electrons. The highest BCUT2D eigenvalue weighted by Crippen LogP contribution is 2.39. The Balaban J connectivity index is 1.71. The maximum atomic E-state index is 12.4. The molecule has 0 spiro atoms. The highest BCUT2D eigenvalue weighted by molar-refractivity contribution is 5.86. The third-order valence-corrected chi connectivity index (χ3v) is 6.33. The van der Waals surface area contributed by atoms with Gasteiger partial charge in [0.25, 0.3) is 0 Å². The molecule has 2 N–H and O–H groups in total. The third kappa shape index (κ3) is 4.88. The summed E-state index contributed by atoms with van der Waals surface area (Å²) >= 11 is 0. The van der Waals surface area contributed by atoms with Crippen molar-refractivity contribution in [3.05, 3.63) is 70.3 Å². The van der Waals surface area contributed by atoms with Gasteiger partial charge in [0.05, 0.1) is 13.6 Å². The fraction of sp³-hybridized carbons (Fsp3) is 0.333. The van der Waals surface area contributed by atoms with Crippen LogP contribution in [-0.4, -0.2) is 58.3 Å². The summed E-state index contributed by atoms with van der Waals surface area (Å²) in [7, 11) is 2.18. The molecule has 1 fully saturated rings. The summed E-state index contributed by atoms with van der Waals surface area (Å²) in [6, 6.07) is 10.8. The van der Waals surface area contributed by atoms with E-state index in [4.69, 9.17) is 14.6 Å². The smallest absolute Gasteiger partial charge is 0.336 e. The van der Waals surface area contributed by atoms with E-state index in [0.717, 1.165) is 34.8 Å². The molecule has 3 heterocycles. The minimum atomic E-state index is -1.15. The van der Waals surface area contributed by atoms with E-state index in [1.807, 2.05) is 12.3 Å². The Morgan fingerprint density at radius 3 is 2.61 bits per heavy atom. The van der Waals surface area contributed by atoms with Gasteiger partial charge in [-0.25, -0.2) is 4.79 Å². The molecular formula is C24H26N3O6+. The highest BCUT2D eigenvalue weighted by atomic mass is 16.4. The van der Waals surface area contributed by atoms with Crippen LogP contribution >= 0.6 is 0 Å². The average Bonchev–Trinajstić information content (AvgIpc) is 3.13. The predicted octanol–water partition coefficient (Wildman–Crippen LogP) is 2.65. The standard InChI is InChI=1S/C24H25N3O6/c1-27(9-3-5-20(27)16-4-2-8-25-12-16)15-17-10-24(32)33-21-11-18(6-7-19(17)21)26(13-22(28)29)14-23(30)31/h2,4,6-8,10-12,20H,3,5,9,13-15H2,1H3,(H-,28,29,30,31)/p+1/t20-,27-/m0/s1. The van der Waals surface area contributed by atoms with Gasteiger partial charge < -0.3 is 24.0 Å². The van der Waals surface area contributed by atoms with E-state index in [2.05, 4.69) is 18.1 Å². The van der Waals surface area contributed by atoms with Crippen molar-refractivity contribution in [2.24, 2.45) is 0 Å². The molecule has 9 heteroatoms. The van der Waals surface area contributed by atoms with E-state index in [1.54, 1.807) is 18.3 Å². The Hall–Kier alpha value is -3.72. The lowest BCUT2D eigenvalue weighted by Crippen LogP contribution is -2.42. The van der Waals surface area contributed by atoms with E-state index in [1.165, 1.54) is 22.6 Å². The van der Waals surface area contributed by atoms with Gasteiger partial charge in [0.1, 0.15) is 31.3 Å². The number of hydrogen-bond donors (Lipinski definition) is 2. The first kappa shape index (κ1) is 22.5. The molecule has 2 aromatic heterocycles. The Morgan fingerprint density at radius 1 is 1.18 bits per heavy atom. The topological polar surface area (TPSA) is 121 Å². The number of carbonyl (C=O) groups is 2. The maximum Gasteiger partial charge on any atom is 0.336 e. The molecule has 0 unspecified atom stereocenters. The highest BCUT2D eigenvalue weighted by Gasteiger charge is 2.39. The summed E-state index contributed by atoms with van der Waals surface area (Å²) in [4.78, 5) is 40.3. The Morgan fingerprint density at radius 2 is 1.94 bits per heavy atom. The van der Waals surface area contributed by atoms with Gasteiger partial charge in [-0.3, -0.25) is 14.6 Å². The second-order valence-corrected chi connectivity index (χ2v) is 8.72. The van der Waals surface area contributed by atoms with Crippen molar-refractivity contribution >= 4 is 28.6 Å². The number of anilines is 1. The second-order valence-electron chi connectivity index (χ2n) is 8.72. The molecule has 9 nitrogen and oxygen atoms in total. The fourth-order valence-corrected chi connectivity index (χ4v) is 4.90. The van der Waals surface area contributed by atoms with Crippen molar-refractivity contribution in [1.29, 1.82) is 0 Å².